The molecule has 0 spiro atoms. The Labute approximate surface area is 184 Å². The molecule has 170 valence electrons. The fourth-order valence-electron chi connectivity index (χ4n) is 3.89. The standard InChI is InChI=1S/C23H35FN6O/c1-5-25-23(28-16-22(17(2)3)29-10-12-31-13-11-29)27-15-19-6-7-21(20(24)14-19)30-9-8-26-18(30)4/h6-9,14,17,22H,5,10-13,15-16H2,1-4H3,(H2,25,27,28). The van der Waals surface area contributed by atoms with Gasteiger partial charge in [-0.2, -0.15) is 0 Å². The highest BCUT2D eigenvalue weighted by atomic mass is 19.1. The van der Waals surface area contributed by atoms with Crippen molar-refractivity contribution >= 4 is 5.96 Å². The number of hydrogen-bond acceptors (Lipinski definition) is 4. The van der Waals surface area contributed by atoms with E-state index in [9.17, 15) is 4.39 Å². The zero-order chi connectivity index (χ0) is 22.2. The van der Waals surface area contributed by atoms with Gasteiger partial charge in [0.15, 0.2) is 5.96 Å². The molecule has 8 heteroatoms. The summed E-state index contributed by atoms with van der Waals surface area (Å²) in [6.45, 7) is 13.9. The summed E-state index contributed by atoms with van der Waals surface area (Å²) in [5.41, 5.74) is 1.32. The van der Waals surface area contributed by atoms with Crippen LogP contribution in [-0.2, 0) is 11.3 Å². The fourth-order valence-corrected chi connectivity index (χ4v) is 3.89. The topological polar surface area (TPSA) is 66.7 Å². The van der Waals surface area contributed by atoms with Crippen molar-refractivity contribution in [3.63, 3.8) is 0 Å². The first-order valence-electron chi connectivity index (χ1n) is 11.1. The Bertz CT molecular complexity index is 860. The summed E-state index contributed by atoms with van der Waals surface area (Å²) < 4.78 is 21.9. The molecule has 1 saturated heterocycles. The minimum absolute atomic E-state index is 0.279. The number of imidazole rings is 1. The number of nitrogens with zero attached hydrogens (tertiary/aromatic N) is 4. The molecule has 1 aliphatic rings. The lowest BCUT2D eigenvalue weighted by Crippen LogP contribution is -2.52. The second-order valence-corrected chi connectivity index (χ2v) is 8.17. The van der Waals surface area contributed by atoms with E-state index in [0.29, 0.717) is 24.2 Å². The maximum atomic E-state index is 14.7. The Morgan fingerprint density at radius 1 is 1.26 bits per heavy atom. The Balaban J connectivity index is 1.65. The molecule has 1 aliphatic heterocycles. The number of ether oxygens (including phenoxy) is 1. The maximum Gasteiger partial charge on any atom is 0.191 e. The lowest BCUT2D eigenvalue weighted by atomic mass is 10.0. The van der Waals surface area contributed by atoms with Gasteiger partial charge in [-0.05, 0) is 37.5 Å². The Morgan fingerprint density at radius 2 is 2.03 bits per heavy atom. The highest BCUT2D eigenvalue weighted by Gasteiger charge is 2.23. The first-order chi connectivity index (χ1) is 15.0. The molecule has 2 N–H and O–H groups in total. The number of aromatic nitrogens is 2. The lowest BCUT2D eigenvalue weighted by Gasteiger charge is -2.37. The SMILES string of the molecule is CCNC(=NCc1ccc(-n2ccnc2C)c(F)c1)NCC(C(C)C)N1CCOCC1. The molecule has 0 aliphatic carbocycles. The number of guanidine groups is 1. The van der Waals surface area contributed by atoms with Crippen molar-refractivity contribution in [2.75, 3.05) is 39.4 Å². The molecular weight excluding hydrogens is 395 g/mol. The molecule has 0 bridgehead atoms. The quantitative estimate of drug-likeness (QED) is 0.498. The fraction of sp³-hybridized carbons (Fsp3) is 0.565. The van der Waals surface area contributed by atoms with Crippen molar-refractivity contribution in [2.45, 2.75) is 40.3 Å². The third-order valence-electron chi connectivity index (χ3n) is 5.62. The van der Waals surface area contributed by atoms with Crippen LogP contribution in [0.5, 0.6) is 0 Å². The zero-order valence-electron chi connectivity index (χ0n) is 19.1. The molecular formula is C23H35FN6O. The van der Waals surface area contributed by atoms with E-state index in [0.717, 1.165) is 56.7 Å². The van der Waals surface area contributed by atoms with Crippen LogP contribution >= 0.6 is 0 Å². The van der Waals surface area contributed by atoms with E-state index < -0.39 is 0 Å². The molecule has 1 aromatic heterocycles. The van der Waals surface area contributed by atoms with Crippen molar-refractivity contribution in [1.82, 2.24) is 25.1 Å². The van der Waals surface area contributed by atoms with E-state index in [1.165, 1.54) is 0 Å². The largest absolute Gasteiger partial charge is 0.379 e. The van der Waals surface area contributed by atoms with E-state index in [2.05, 4.69) is 39.4 Å². The second-order valence-electron chi connectivity index (χ2n) is 8.17. The van der Waals surface area contributed by atoms with Gasteiger partial charge in [-0.25, -0.2) is 14.4 Å². The van der Waals surface area contributed by atoms with Crippen LogP contribution in [0.15, 0.2) is 35.6 Å². The predicted octanol–water partition coefficient (Wildman–Crippen LogP) is 2.73. The molecule has 1 unspecified atom stereocenters. The maximum absolute atomic E-state index is 14.7. The van der Waals surface area contributed by atoms with Gasteiger partial charge in [0.1, 0.15) is 11.6 Å². The third kappa shape index (κ3) is 6.27. The molecule has 2 heterocycles. The van der Waals surface area contributed by atoms with Crippen molar-refractivity contribution < 1.29 is 9.13 Å². The number of nitrogens with one attached hydrogen (secondary N) is 2. The monoisotopic (exact) mass is 430 g/mol. The number of morpholine rings is 1. The smallest absolute Gasteiger partial charge is 0.191 e. The van der Waals surface area contributed by atoms with E-state index in [-0.39, 0.29) is 5.82 Å². The van der Waals surface area contributed by atoms with Gasteiger partial charge < -0.3 is 19.9 Å². The van der Waals surface area contributed by atoms with Gasteiger partial charge >= 0.3 is 0 Å². The molecule has 0 amide bonds. The van der Waals surface area contributed by atoms with Crippen LogP contribution in [0.1, 0.15) is 32.2 Å². The molecule has 1 fully saturated rings. The second kappa shape index (κ2) is 11.2. The van der Waals surface area contributed by atoms with Crippen molar-refractivity contribution in [2.24, 2.45) is 10.9 Å². The minimum Gasteiger partial charge on any atom is -0.379 e. The predicted molar refractivity (Wildman–Crippen MR) is 122 cm³/mol. The van der Waals surface area contributed by atoms with Crippen LogP contribution in [-0.4, -0.2) is 65.8 Å². The molecule has 2 aromatic rings. The number of halogens is 1. The molecule has 1 atom stereocenters. The van der Waals surface area contributed by atoms with Gasteiger partial charge in [0.25, 0.3) is 0 Å². The molecule has 3 rings (SSSR count). The van der Waals surface area contributed by atoms with Crippen molar-refractivity contribution in [1.29, 1.82) is 0 Å². The molecule has 31 heavy (non-hydrogen) atoms. The van der Waals surface area contributed by atoms with Crippen LogP contribution in [0.3, 0.4) is 0 Å². The van der Waals surface area contributed by atoms with Gasteiger partial charge in [-0.15, -0.1) is 0 Å². The molecule has 1 aromatic carbocycles. The Morgan fingerprint density at radius 3 is 2.65 bits per heavy atom. The molecule has 7 nitrogen and oxygen atoms in total. The highest BCUT2D eigenvalue weighted by molar-refractivity contribution is 5.79. The number of hydrogen-bond donors (Lipinski definition) is 2. The van der Waals surface area contributed by atoms with Crippen molar-refractivity contribution in [3.05, 3.63) is 47.8 Å². The zero-order valence-corrected chi connectivity index (χ0v) is 19.1. The summed E-state index contributed by atoms with van der Waals surface area (Å²) in [6, 6.07) is 5.65. The normalized spacial score (nSPS) is 16.5. The Kier molecular flexibility index (Phi) is 8.43. The molecule has 0 radical (unpaired) electrons. The summed E-state index contributed by atoms with van der Waals surface area (Å²) in [7, 11) is 0. The first kappa shape index (κ1) is 23.2. The molecule has 0 saturated carbocycles. The minimum atomic E-state index is -0.279. The van der Waals surface area contributed by atoms with Gasteiger partial charge in [-0.3, -0.25) is 4.90 Å². The number of benzene rings is 1. The van der Waals surface area contributed by atoms with Gasteiger partial charge in [0, 0.05) is 44.6 Å². The average molecular weight is 431 g/mol. The summed E-state index contributed by atoms with van der Waals surface area (Å²) in [5.74, 6) is 1.74. The van der Waals surface area contributed by atoms with Gasteiger partial charge in [0.05, 0.1) is 25.4 Å². The van der Waals surface area contributed by atoms with Crippen LogP contribution < -0.4 is 10.6 Å². The summed E-state index contributed by atoms with van der Waals surface area (Å²) >= 11 is 0. The van der Waals surface area contributed by atoms with E-state index in [1.807, 2.05) is 19.9 Å². The van der Waals surface area contributed by atoms with Gasteiger partial charge in [0.2, 0.25) is 0 Å². The van der Waals surface area contributed by atoms with Crippen LogP contribution in [0.4, 0.5) is 4.39 Å². The summed E-state index contributed by atoms with van der Waals surface area (Å²) in [4.78, 5) is 11.3. The third-order valence-corrected chi connectivity index (χ3v) is 5.62. The Hall–Kier alpha value is -2.45. The number of aliphatic imine (C=N–C) groups is 1. The highest BCUT2D eigenvalue weighted by Crippen LogP contribution is 2.17. The van der Waals surface area contributed by atoms with Crippen LogP contribution in [0, 0.1) is 18.7 Å². The van der Waals surface area contributed by atoms with Crippen LogP contribution in [0.25, 0.3) is 5.69 Å². The average Bonchev–Trinajstić information content (AvgIpc) is 3.18. The number of rotatable bonds is 8. The number of aryl methyl sites for hydroxylation is 1. The first-order valence-corrected chi connectivity index (χ1v) is 11.1. The van der Waals surface area contributed by atoms with Gasteiger partial charge in [-0.1, -0.05) is 19.9 Å². The van der Waals surface area contributed by atoms with Crippen molar-refractivity contribution in [3.8, 4) is 5.69 Å². The van der Waals surface area contributed by atoms with Crippen LogP contribution in [0.2, 0.25) is 0 Å². The summed E-state index contributed by atoms with van der Waals surface area (Å²) in [6.07, 6.45) is 3.43. The van der Waals surface area contributed by atoms with E-state index in [4.69, 9.17) is 4.74 Å². The van der Waals surface area contributed by atoms with E-state index >= 15 is 0 Å². The summed E-state index contributed by atoms with van der Waals surface area (Å²) in [5, 5.41) is 6.77. The lowest BCUT2D eigenvalue weighted by molar-refractivity contribution is 0.00752. The van der Waals surface area contributed by atoms with E-state index in [1.54, 1.807) is 29.1 Å².